The van der Waals surface area contributed by atoms with E-state index in [0.29, 0.717) is 19.3 Å². The summed E-state index contributed by atoms with van der Waals surface area (Å²) in [5.41, 5.74) is 0. The Balaban J connectivity index is 2.54. The molecule has 0 aromatic carbocycles. The van der Waals surface area contributed by atoms with E-state index < -0.39 is 78.5 Å². The molecule has 8 unspecified atom stereocenters. The molecule has 1 amide bonds. The number of carbonyl (C=O) groups excluding carboxylic acids is 1. The van der Waals surface area contributed by atoms with Gasteiger partial charge in [-0.05, 0) is 38.5 Å². The first kappa shape index (κ1) is 56.8. The minimum Gasteiger partial charge on any atom is -0.394 e. The number of unbranched alkanes of at least 4 members (excludes halogenated alkanes) is 26. The van der Waals surface area contributed by atoms with Crippen LogP contribution in [0.1, 0.15) is 213 Å². The molecule has 0 radical (unpaired) electrons. The Hall–Kier alpha value is -1.20. The number of amides is 1. The lowest BCUT2D eigenvalue weighted by atomic mass is 9.99. The molecule has 356 valence electrons. The van der Waals surface area contributed by atoms with Crippen LogP contribution in [0.3, 0.4) is 0 Å². The number of aliphatic hydroxyl groups excluding tert-OH is 5. The van der Waals surface area contributed by atoms with Crippen molar-refractivity contribution < 1.29 is 57.0 Å². The molecule has 1 fully saturated rings. The predicted octanol–water partition coefficient (Wildman–Crippen LogP) is 8.53. The van der Waals surface area contributed by atoms with Gasteiger partial charge in [0.2, 0.25) is 5.91 Å². The topological polar surface area (TPSA) is 212 Å². The quantitative estimate of drug-likeness (QED) is 0.0175. The summed E-state index contributed by atoms with van der Waals surface area (Å²) in [4.78, 5) is 13.1. The summed E-state index contributed by atoms with van der Waals surface area (Å²) >= 11 is 0. The van der Waals surface area contributed by atoms with Gasteiger partial charge in [-0.15, -0.1) is 0 Å². The zero-order valence-corrected chi connectivity index (χ0v) is 38.5. The first-order valence-electron chi connectivity index (χ1n) is 24.2. The number of aliphatic hydroxyl groups is 5. The van der Waals surface area contributed by atoms with Crippen LogP contribution in [0.15, 0.2) is 12.2 Å². The normalized spacial score (nSPS) is 21.4. The van der Waals surface area contributed by atoms with Crippen LogP contribution in [0.4, 0.5) is 0 Å². The van der Waals surface area contributed by atoms with Crippen molar-refractivity contribution >= 4 is 16.3 Å². The third-order valence-electron chi connectivity index (χ3n) is 11.7. The summed E-state index contributed by atoms with van der Waals surface area (Å²) in [5.74, 6) is -0.673. The standard InChI is InChI=1S/C46H89NO12S/c1-3-5-7-9-11-13-15-17-19-20-21-23-24-26-28-30-32-34-39(49)38(37-57-46-43(52)44(59-60(54,55)56)42(51)41(36-48)58-46)47-45(53)40(50)35-33-31-29-27-25-22-18-16-14-12-10-8-6-4-2/h14,16,38-44,46,48-52H,3-13,15,17-37H2,1-2H3,(H,47,53)(H,54,55,56)/b16-14-. The summed E-state index contributed by atoms with van der Waals surface area (Å²) in [6.07, 6.45) is 28.2. The third-order valence-corrected chi connectivity index (χ3v) is 12.1. The molecule has 0 aromatic rings. The lowest BCUT2D eigenvalue weighted by molar-refractivity contribution is -0.298. The van der Waals surface area contributed by atoms with Gasteiger partial charge in [0.05, 0.1) is 25.4 Å². The smallest absolute Gasteiger partial charge is 0.394 e. The van der Waals surface area contributed by atoms with E-state index in [1.807, 2.05) is 0 Å². The second-order valence-electron chi connectivity index (χ2n) is 17.2. The van der Waals surface area contributed by atoms with Crippen LogP contribution < -0.4 is 5.32 Å². The molecule has 1 saturated heterocycles. The Morgan fingerprint density at radius 2 is 1.07 bits per heavy atom. The summed E-state index contributed by atoms with van der Waals surface area (Å²) in [6.45, 7) is 3.27. The Kier molecular flexibility index (Phi) is 35.2. The SMILES string of the molecule is CCCCCC/C=C\CCCCCCCCC(O)C(=O)NC(COC1OC(CO)C(O)C(OS(=O)(=O)O)C1O)C(O)CCCCCCCCCCCCCCCCCCC. The zero-order valence-electron chi connectivity index (χ0n) is 37.6. The van der Waals surface area contributed by atoms with E-state index in [0.717, 1.165) is 64.2 Å². The molecule has 1 heterocycles. The van der Waals surface area contributed by atoms with Crippen molar-refractivity contribution in [3.63, 3.8) is 0 Å². The van der Waals surface area contributed by atoms with Gasteiger partial charge in [0, 0.05) is 0 Å². The van der Waals surface area contributed by atoms with Crippen molar-refractivity contribution in [2.75, 3.05) is 13.2 Å². The second-order valence-corrected chi connectivity index (χ2v) is 18.2. The third kappa shape index (κ3) is 29.2. The minimum absolute atomic E-state index is 0.255. The van der Waals surface area contributed by atoms with Gasteiger partial charge >= 0.3 is 10.4 Å². The Labute approximate surface area is 364 Å². The van der Waals surface area contributed by atoms with E-state index in [4.69, 9.17) is 9.47 Å². The van der Waals surface area contributed by atoms with Crippen molar-refractivity contribution in [2.24, 2.45) is 0 Å². The molecule has 60 heavy (non-hydrogen) atoms. The van der Waals surface area contributed by atoms with Crippen LogP contribution in [0, 0.1) is 0 Å². The number of nitrogens with one attached hydrogen (secondary N) is 1. The molecule has 13 nitrogen and oxygen atoms in total. The highest BCUT2D eigenvalue weighted by molar-refractivity contribution is 7.80. The fourth-order valence-corrected chi connectivity index (χ4v) is 8.32. The molecule has 0 spiro atoms. The minimum atomic E-state index is -5.11. The van der Waals surface area contributed by atoms with E-state index in [1.54, 1.807) is 0 Å². The maximum Gasteiger partial charge on any atom is 0.397 e. The van der Waals surface area contributed by atoms with Gasteiger partial charge in [0.15, 0.2) is 6.29 Å². The van der Waals surface area contributed by atoms with Crippen LogP contribution >= 0.6 is 0 Å². The first-order chi connectivity index (χ1) is 28.9. The monoisotopic (exact) mass is 880 g/mol. The molecule has 1 rings (SSSR count). The molecule has 14 heteroatoms. The van der Waals surface area contributed by atoms with Crippen molar-refractivity contribution in [3.8, 4) is 0 Å². The fourth-order valence-electron chi connectivity index (χ4n) is 7.81. The predicted molar refractivity (Wildman–Crippen MR) is 238 cm³/mol. The maximum absolute atomic E-state index is 13.1. The van der Waals surface area contributed by atoms with Gasteiger partial charge < -0.3 is 40.3 Å². The van der Waals surface area contributed by atoms with Crippen molar-refractivity contribution in [1.82, 2.24) is 5.32 Å². The van der Waals surface area contributed by atoms with Crippen molar-refractivity contribution in [3.05, 3.63) is 12.2 Å². The van der Waals surface area contributed by atoms with Crippen LogP contribution in [-0.2, 0) is 28.9 Å². The summed E-state index contributed by atoms with van der Waals surface area (Å²) in [7, 11) is -5.11. The van der Waals surface area contributed by atoms with Gasteiger partial charge in [0.25, 0.3) is 0 Å². The molecule has 0 aromatic heterocycles. The molecule has 7 N–H and O–H groups in total. The van der Waals surface area contributed by atoms with Gasteiger partial charge in [-0.2, -0.15) is 8.42 Å². The molecular formula is C46H89NO12S. The number of ether oxygens (including phenoxy) is 2. The van der Waals surface area contributed by atoms with E-state index >= 15 is 0 Å². The van der Waals surface area contributed by atoms with E-state index in [-0.39, 0.29) is 6.42 Å². The van der Waals surface area contributed by atoms with Gasteiger partial charge in [-0.1, -0.05) is 187 Å². The summed E-state index contributed by atoms with van der Waals surface area (Å²) in [6, 6.07) is -1.03. The molecule has 0 saturated carbocycles. The van der Waals surface area contributed by atoms with E-state index in [1.165, 1.54) is 109 Å². The van der Waals surface area contributed by atoms with E-state index in [9.17, 15) is 43.3 Å². The highest BCUT2D eigenvalue weighted by atomic mass is 32.3. The number of hydrogen-bond acceptors (Lipinski definition) is 11. The average molecular weight is 880 g/mol. The highest BCUT2D eigenvalue weighted by Gasteiger charge is 2.48. The highest BCUT2D eigenvalue weighted by Crippen LogP contribution is 2.26. The summed E-state index contributed by atoms with van der Waals surface area (Å²) in [5, 5.41) is 55.4. The van der Waals surface area contributed by atoms with Gasteiger partial charge in [-0.3, -0.25) is 9.35 Å². The van der Waals surface area contributed by atoms with Crippen LogP contribution in [0.5, 0.6) is 0 Å². The largest absolute Gasteiger partial charge is 0.397 e. The number of hydrogen-bond donors (Lipinski definition) is 7. The maximum atomic E-state index is 13.1. The summed E-state index contributed by atoms with van der Waals surface area (Å²) < 4.78 is 47.6. The molecule has 0 bridgehead atoms. The van der Waals surface area contributed by atoms with Gasteiger partial charge in [-0.25, -0.2) is 4.18 Å². The molecule has 1 aliphatic rings. The zero-order chi connectivity index (χ0) is 44.3. The molecule has 1 aliphatic heterocycles. The van der Waals surface area contributed by atoms with Crippen LogP contribution in [0.25, 0.3) is 0 Å². The first-order valence-corrected chi connectivity index (χ1v) is 25.5. The van der Waals surface area contributed by atoms with Crippen molar-refractivity contribution in [1.29, 1.82) is 0 Å². The molecule has 8 atom stereocenters. The Morgan fingerprint density at radius 3 is 1.52 bits per heavy atom. The number of allylic oxidation sites excluding steroid dienone is 2. The average Bonchev–Trinajstić information content (AvgIpc) is 3.22. The van der Waals surface area contributed by atoms with Crippen molar-refractivity contribution in [2.45, 2.75) is 262 Å². The Morgan fingerprint density at radius 1 is 0.650 bits per heavy atom. The lowest BCUT2D eigenvalue weighted by Gasteiger charge is -2.41. The Bertz CT molecular complexity index is 1140. The molecular weight excluding hydrogens is 791 g/mol. The van der Waals surface area contributed by atoms with Gasteiger partial charge in [0.1, 0.15) is 30.5 Å². The molecule has 0 aliphatic carbocycles. The second kappa shape index (κ2) is 37.2. The number of carbonyl (C=O) groups is 1. The fraction of sp³-hybridized carbons (Fsp3) is 0.935. The van der Waals surface area contributed by atoms with E-state index in [2.05, 4.69) is 35.5 Å². The number of rotatable bonds is 41. The lowest BCUT2D eigenvalue weighted by Crippen LogP contribution is -2.61. The van der Waals surface area contributed by atoms with Crippen LogP contribution in [-0.4, -0.2) is 107 Å². The van der Waals surface area contributed by atoms with Crippen LogP contribution in [0.2, 0.25) is 0 Å².